The summed E-state index contributed by atoms with van der Waals surface area (Å²) in [7, 11) is 0. The number of rotatable bonds is 2. The number of thiazole rings is 1. The number of carbonyl (C=O) groups is 2. The molecule has 0 fully saturated rings. The van der Waals surface area contributed by atoms with Crippen molar-refractivity contribution in [2.45, 2.75) is 6.92 Å². The number of nitrogens with zero attached hydrogens (tertiary/aromatic N) is 2. The summed E-state index contributed by atoms with van der Waals surface area (Å²) < 4.78 is 0. The molecule has 106 valence electrons. The van der Waals surface area contributed by atoms with E-state index in [1.807, 2.05) is 6.92 Å². The largest absolute Gasteiger partial charge is 0.318 e. The van der Waals surface area contributed by atoms with Crippen LogP contribution in [0, 0.1) is 6.92 Å². The molecule has 0 aliphatic heterocycles. The monoisotopic (exact) mass is 301 g/mol. The Morgan fingerprint density at radius 1 is 1.24 bits per heavy atom. The zero-order valence-electron chi connectivity index (χ0n) is 11.0. The molecule has 0 aliphatic carbocycles. The summed E-state index contributed by atoms with van der Waals surface area (Å²) in [6.45, 7) is 1.81. The van der Waals surface area contributed by atoms with Crippen molar-refractivity contribution >= 4 is 44.9 Å². The number of aryl methyl sites for hydroxylation is 1. The number of aromatic nitrogens is 3. The molecule has 0 radical (unpaired) electrons. The first-order chi connectivity index (χ1) is 10.1. The van der Waals surface area contributed by atoms with E-state index in [0.717, 1.165) is 16.6 Å². The molecule has 0 bridgehead atoms. The molecule has 0 saturated carbocycles. The van der Waals surface area contributed by atoms with Crippen molar-refractivity contribution in [1.82, 2.24) is 15.2 Å². The Morgan fingerprint density at radius 3 is 2.81 bits per heavy atom. The lowest BCUT2D eigenvalue weighted by molar-refractivity contribution is -0.132. The molecule has 8 heteroatoms. The molecule has 3 N–H and O–H groups in total. The van der Waals surface area contributed by atoms with Crippen molar-refractivity contribution < 1.29 is 9.59 Å². The van der Waals surface area contributed by atoms with Gasteiger partial charge >= 0.3 is 11.8 Å². The minimum absolute atomic E-state index is 0.400. The Bertz CT molecular complexity index is 823. The minimum atomic E-state index is -0.756. The Kier molecular flexibility index (Phi) is 3.36. The van der Waals surface area contributed by atoms with E-state index in [9.17, 15) is 9.59 Å². The van der Waals surface area contributed by atoms with Crippen LogP contribution in [-0.2, 0) is 9.59 Å². The molecule has 3 rings (SSSR count). The standard InChI is InChI=1S/C13H11N5O2S/c1-7-6-21-13(15-7)17-12(20)11(19)16-9-3-2-8-5-14-18-10(8)4-9/h2-6H,1H3,(H,14,18)(H,16,19)(H,15,17,20). The van der Waals surface area contributed by atoms with E-state index < -0.39 is 11.8 Å². The first-order valence-electron chi connectivity index (χ1n) is 6.09. The topological polar surface area (TPSA) is 99.8 Å². The van der Waals surface area contributed by atoms with Crippen LogP contribution >= 0.6 is 11.3 Å². The van der Waals surface area contributed by atoms with Gasteiger partial charge in [0.25, 0.3) is 0 Å². The van der Waals surface area contributed by atoms with Gasteiger partial charge in [0.1, 0.15) is 0 Å². The van der Waals surface area contributed by atoms with Crippen molar-refractivity contribution in [3.8, 4) is 0 Å². The zero-order chi connectivity index (χ0) is 14.8. The van der Waals surface area contributed by atoms with Gasteiger partial charge in [-0.1, -0.05) is 0 Å². The fraction of sp³-hybridized carbons (Fsp3) is 0.0769. The van der Waals surface area contributed by atoms with Gasteiger partial charge in [-0.2, -0.15) is 5.10 Å². The van der Waals surface area contributed by atoms with E-state index >= 15 is 0 Å². The number of H-pyrrole nitrogens is 1. The number of anilines is 2. The van der Waals surface area contributed by atoms with Crippen LogP contribution in [0.5, 0.6) is 0 Å². The highest BCUT2D eigenvalue weighted by Gasteiger charge is 2.15. The van der Waals surface area contributed by atoms with Gasteiger partial charge in [-0.25, -0.2) is 4.98 Å². The van der Waals surface area contributed by atoms with Crippen LogP contribution in [0.15, 0.2) is 29.8 Å². The molecule has 0 aliphatic rings. The first kappa shape index (κ1) is 13.3. The van der Waals surface area contributed by atoms with Crippen LogP contribution in [0.25, 0.3) is 10.9 Å². The maximum atomic E-state index is 11.8. The molecule has 0 unspecified atom stereocenters. The molecule has 2 amide bonds. The molecule has 1 aromatic carbocycles. The van der Waals surface area contributed by atoms with E-state index in [0.29, 0.717) is 10.8 Å². The number of amides is 2. The normalized spacial score (nSPS) is 10.5. The number of hydrogen-bond acceptors (Lipinski definition) is 5. The summed E-state index contributed by atoms with van der Waals surface area (Å²) in [5.74, 6) is -1.50. The minimum Gasteiger partial charge on any atom is -0.318 e. The first-order valence-corrected chi connectivity index (χ1v) is 6.97. The van der Waals surface area contributed by atoms with Gasteiger partial charge in [-0.3, -0.25) is 20.0 Å². The SMILES string of the molecule is Cc1csc(NC(=O)C(=O)Nc2ccc3cn[nH]c3c2)n1. The van der Waals surface area contributed by atoms with E-state index in [1.54, 1.807) is 29.8 Å². The summed E-state index contributed by atoms with van der Waals surface area (Å²) >= 11 is 1.27. The van der Waals surface area contributed by atoms with Gasteiger partial charge in [0.2, 0.25) is 0 Å². The summed E-state index contributed by atoms with van der Waals surface area (Å²) in [5, 5.41) is 14.8. The maximum Gasteiger partial charge on any atom is 0.315 e. The van der Waals surface area contributed by atoms with Crippen LogP contribution in [0.1, 0.15) is 5.69 Å². The highest BCUT2D eigenvalue weighted by Crippen LogP contribution is 2.17. The van der Waals surface area contributed by atoms with Gasteiger partial charge in [0.15, 0.2) is 5.13 Å². The highest BCUT2D eigenvalue weighted by molar-refractivity contribution is 7.14. The fourth-order valence-electron chi connectivity index (χ4n) is 1.77. The van der Waals surface area contributed by atoms with Gasteiger partial charge < -0.3 is 5.32 Å². The highest BCUT2D eigenvalue weighted by atomic mass is 32.1. The van der Waals surface area contributed by atoms with Crippen LogP contribution in [-0.4, -0.2) is 27.0 Å². The maximum absolute atomic E-state index is 11.8. The number of fused-ring (bicyclic) bond motifs is 1. The smallest absolute Gasteiger partial charge is 0.315 e. The number of hydrogen-bond donors (Lipinski definition) is 3. The Morgan fingerprint density at radius 2 is 2.05 bits per heavy atom. The number of carbonyl (C=O) groups excluding carboxylic acids is 2. The third kappa shape index (κ3) is 2.90. The lowest BCUT2D eigenvalue weighted by Gasteiger charge is -2.04. The molecule has 2 heterocycles. The lowest BCUT2D eigenvalue weighted by atomic mass is 10.2. The molecular weight excluding hydrogens is 290 g/mol. The van der Waals surface area contributed by atoms with Crippen molar-refractivity contribution in [1.29, 1.82) is 0 Å². The zero-order valence-corrected chi connectivity index (χ0v) is 11.8. The molecular formula is C13H11N5O2S. The molecule has 21 heavy (non-hydrogen) atoms. The second-order valence-corrected chi connectivity index (χ2v) is 5.23. The van der Waals surface area contributed by atoms with Gasteiger partial charge in [0, 0.05) is 16.5 Å². The molecule has 0 atom stereocenters. The van der Waals surface area contributed by atoms with E-state index in [4.69, 9.17) is 0 Å². The molecule has 2 aromatic heterocycles. The van der Waals surface area contributed by atoms with Crippen molar-refractivity contribution in [3.63, 3.8) is 0 Å². The Balaban J connectivity index is 1.68. The summed E-state index contributed by atoms with van der Waals surface area (Å²) in [6, 6.07) is 5.22. The predicted molar refractivity (Wildman–Crippen MR) is 80.2 cm³/mol. The average Bonchev–Trinajstić information content (AvgIpc) is 3.07. The second kappa shape index (κ2) is 5.33. The summed E-state index contributed by atoms with van der Waals surface area (Å²) in [5.41, 5.74) is 2.09. The third-order valence-corrected chi connectivity index (χ3v) is 3.62. The Hall–Kier alpha value is -2.74. The van der Waals surface area contributed by atoms with E-state index in [2.05, 4.69) is 25.8 Å². The van der Waals surface area contributed by atoms with Crippen LogP contribution < -0.4 is 10.6 Å². The molecule has 0 saturated heterocycles. The van der Waals surface area contributed by atoms with Crippen molar-refractivity contribution in [3.05, 3.63) is 35.5 Å². The van der Waals surface area contributed by atoms with Crippen LogP contribution in [0.3, 0.4) is 0 Å². The van der Waals surface area contributed by atoms with Crippen molar-refractivity contribution in [2.75, 3.05) is 10.6 Å². The number of benzene rings is 1. The van der Waals surface area contributed by atoms with Gasteiger partial charge in [-0.05, 0) is 25.1 Å². The second-order valence-electron chi connectivity index (χ2n) is 4.37. The number of aromatic amines is 1. The van der Waals surface area contributed by atoms with E-state index in [1.165, 1.54) is 11.3 Å². The lowest BCUT2D eigenvalue weighted by Crippen LogP contribution is -2.29. The van der Waals surface area contributed by atoms with Crippen LogP contribution in [0.4, 0.5) is 10.8 Å². The van der Waals surface area contributed by atoms with Crippen LogP contribution in [0.2, 0.25) is 0 Å². The third-order valence-electron chi connectivity index (χ3n) is 2.75. The fourth-order valence-corrected chi connectivity index (χ4v) is 2.45. The number of nitrogens with one attached hydrogen (secondary N) is 3. The van der Waals surface area contributed by atoms with Crippen molar-refractivity contribution in [2.24, 2.45) is 0 Å². The quantitative estimate of drug-likeness (QED) is 0.629. The summed E-state index contributed by atoms with van der Waals surface area (Å²) in [4.78, 5) is 27.7. The molecule has 0 spiro atoms. The Labute approximate surface area is 123 Å². The van der Waals surface area contributed by atoms with E-state index in [-0.39, 0.29) is 0 Å². The molecule has 7 nitrogen and oxygen atoms in total. The van der Waals surface area contributed by atoms with Gasteiger partial charge in [0.05, 0.1) is 17.4 Å². The summed E-state index contributed by atoms with van der Waals surface area (Å²) in [6.07, 6.45) is 1.68. The predicted octanol–water partition coefficient (Wildman–Crippen LogP) is 1.91. The van der Waals surface area contributed by atoms with Gasteiger partial charge in [-0.15, -0.1) is 11.3 Å². The molecule has 3 aromatic rings. The average molecular weight is 301 g/mol.